The molecular weight excluding hydrogens is 446 g/mol. The van der Waals surface area contributed by atoms with Crippen molar-refractivity contribution in [1.82, 2.24) is 30.0 Å². The van der Waals surface area contributed by atoms with E-state index in [1.165, 1.54) is 6.26 Å². The van der Waals surface area contributed by atoms with Crippen LogP contribution in [0.5, 0.6) is 0 Å². The van der Waals surface area contributed by atoms with Gasteiger partial charge in [-0.15, -0.1) is 0 Å². The number of aryl methyl sites for hydroxylation is 2. The van der Waals surface area contributed by atoms with Crippen LogP contribution in [0.25, 0.3) is 11.4 Å². The maximum absolute atomic E-state index is 12.8. The van der Waals surface area contributed by atoms with Gasteiger partial charge in [0, 0.05) is 30.9 Å². The summed E-state index contributed by atoms with van der Waals surface area (Å²) in [6.07, 6.45) is 5.01. The molecule has 1 aromatic carbocycles. The molecule has 0 saturated carbocycles. The van der Waals surface area contributed by atoms with Crippen molar-refractivity contribution < 1.29 is 14.3 Å². The van der Waals surface area contributed by atoms with Crippen molar-refractivity contribution in [2.75, 3.05) is 11.9 Å². The summed E-state index contributed by atoms with van der Waals surface area (Å²) >= 11 is 6.07. The predicted octanol–water partition coefficient (Wildman–Crippen LogP) is 3.42. The molecule has 0 bridgehead atoms. The van der Waals surface area contributed by atoms with Gasteiger partial charge in [0.25, 0.3) is 5.89 Å². The number of carbonyl (C=O) groups is 1. The molecule has 0 aliphatic carbocycles. The van der Waals surface area contributed by atoms with E-state index in [0.29, 0.717) is 28.8 Å². The minimum absolute atomic E-state index is 0.110. The molecule has 0 fully saturated rings. The van der Waals surface area contributed by atoms with E-state index >= 15 is 0 Å². The first-order valence-electron chi connectivity index (χ1n) is 10.2. The first kappa shape index (κ1) is 22.4. The molecule has 0 aliphatic heterocycles. The average Bonchev–Trinajstić information content (AvgIpc) is 3.44. The van der Waals surface area contributed by atoms with Gasteiger partial charge >= 0.3 is 5.91 Å². The van der Waals surface area contributed by atoms with E-state index in [1.807, 2.05) is 13.0 Å². The summed E-state index contributed by atoms with van der Waals surface area (Å²) in [4.78, 5) is 25.9. The fourth-order valence-electron chi connectivity index (χ4n) is 3.25. The minimum atomic E-state index is -0.514. The zero-order chi connectivity index (χ0) is 23.4. The summed E-state index contributed by atoms with van der Waals surface area (Å²) in [7, 11) is 1.80. The maximum atomic E-state index is 12.8. The number of oxazole rings is 1. The molecule has 1 amide bonds. The summed E-state index contributed by atoms with van der Waals surface area (Å²) in [6.45, 7) is 1.73. The number of benzene rings is 1. The Morgan fingerprint density at radius 3 is 2.88 bits per heavy atom. The first-order chi connectivity index (χ1) is 15.9. The summed E-state index contributed by atoms with van der Waals surface area (Å²) in [5.74, 6) is 0.451. The third-order valence-electron chi connectivity index (χ3n) is 4.95. The summed E-state index contributed by atoms with van der Waals surface area (Å²) < 4.78 is 7.09. The van der Waals surface area contributed by atoms with Crippen LogP contribution in [0.2, 0.25) is 5.02 Å². The number of carbonyl (C=O) groups excluding carboxylic acids is 1. The lowest BCUT2D eigenvalue weighted by molar-refractivity contribution is 0.0895. The van der Waals surface area contributed by atoms with Gasteiger partial charge in [-0.05, 0) is 36.6 Å². The van der Waals surface area contributed by atoms with Gasteiger partial charge in [0.05, 0.1) is 12.2 Å². The highest BCUT2D eigenvalue weighted by Gasteiger charge is 2.21. The topological polar surface area (TPSA) is 131 Å². The molecule has 11 heteroatoms. The SMILES string of the molecule is Cc1cnc(Nc2ccnn2C)nc1-c1coc(C(=O)N[C@H](CCO)c2cccc(Cl)c2)n1. The highest BCUT2D eigenvalue weighted by molar-refractivity contribution is 6.30. The summed E-state index contributed by atoms with van der Waals surface area (Å²) in [5.41, 5.74) is 2.46. The molecule has 0 radical (unpaired) electrons. The number of halogens is 1. The second-order valence-electron chi connectivity index (χ2n) is 7.32. The number of nitrogens with one attached hydrogen (secondary N) is 2. The van der Waals surface area contributed by atoms with Crippen LogP contribution in [-0.2, 0) is 7.05 Å². The van der Waals surface area contributed by atoms with Crippen LogP contribution in [0.4, 0.5) is 11.8 Å². The Morgan fingerprint density at radius 1 is 1.30 bits per heavy atom. The lowest BCUT2D eigenvalue weighted by Crippen LogP contribution is -2.29. The molecule has 0 aliphatic rings. The lowest BCUT2D eigenvalue weighted by Gasteiger charge is -2.17. The van der Waals surface area contributed by atoms with E-state index in [2.05, 4.69) is 30.7 Å². The van der Waals surface area contributed by atoms with Crippen molar-refractivity contribution in [1.29, 1.82) is 0 Å². The van der Waals surface area contributed by atoms with Crippen molar-refractivity contribution in [3.05, 3.63) is 71.0 Å². The molecule has 3 aromatic heterocycles. The monoisotopic (exact) mass is 467 g/mol. The third kappa shape index (κ3) is 5.18. The number of aliphatic hydroxyl groups excluding tert-OH is 1. The molecule has 4 aromatic rings. The van der Waals surface area contributed by atoms with E-state index in [0.717, 1.165) is 16.9 Å². The van der Waals surface area contributed by atoms with Crippen molar-refractivity contribution in [2.45, 2.75) is 19.4 Å². The molecule has 0 spiro atoms. The van der Waals surface area contributed by atoms with Crippen molar-refractivity contribution in [2.24, 2.45) is 7.05 Å². The number of nitrogens with zero attached hydrogens (tertiary/aromatic N) is 5. The van der Waals surface area contributed by atoms with Gasteiger partial charge in [0.15, 0.2) is 0 Å². The van der Waals surface area contributed by atoms with Crippen LogP contribution in [0.1, 0.15) is 34.3 Å². The number of rotatable bonds is 8. The van der Waals surface area contributed by atoms with Crippen LogP contribution >= 0.6 is 11.6 Å². The van der Waals surface area contributed by atoms with Crippen LogP contribution in [-0.4, -0.2) is 42.4 Å². The van der Waals surface area contributed by atoms with Gasteiger partial charge in [-0.2, -0.15) is 5.10 Å². The smallest absolute Gasteiger partial charge is 0.307 e. The maximum Gasteiger partial charge on any atom is 0.307 e. The summed E-state index contributed by atoms with van der Waals surface area (Å²) in [6, 6.07) is 8.44. The Labute approximate surface area is 194 Å². The van der Waals surface area contributed by atoms with Crippen molar-refractivity contribution >= 4 is 29.3 Å². The highest BCUT2D eigenvalue weighted by atomic mass is 35.5. The number of hydrogen-bond acceptors (Lipinski definition) is 8. The van der Waals surface area contributed by atoms with E-state index in [4.69, 9.17) is 16.0 Å². The molecule has 3 heterocycles. The van der Waals surface area contributed by atoms with Crippen LogP contribution in [0.3, 0.4) is 0 Å². The van der Waals surface area contributed by atoms with Crippen LogP contribution < -0.4 is 10.6 Å². The lowest BCUT2D eigenvalue weighted by atomic mass is 10.0. The van der Waals surface area contributed by atoms with Gasteiger partial charge in [0.1, 0.15) is 23.5 Å². The molecular formula is C22H22ClN7O3. The van der Waals surface area contributed by atoms with Crippen LogP contribution in [0, 0.1) is 6.92 Å². The predicted molar refractivity (Wildman–Crippen MR) is 122 cm³/mol. The Balaban J connectivity index is 1.54. The average molecular weight is 468 g/mol. The number of aromatic nitrogens is 5. The van der Waals surface area contributed by atoms with Crippen molar-refractivity contribution in [3.63, 3.8) is 0 Å². The zero-order valence-corrected chi connectivity index (χ0v) is 18.7. The fourth-order valence-corrected chi connectivity index (χ4v) is 3.45. The molecule has 4 rings (SSSR count). The molecule has 1 atom stereocenters. The largest absolute Gasteiger partial charge is 0.440 e. The third-order valence-corrected chi connectivity index (χ3v) is 5.18. The van der Waals surface area contributed by atoms with E-state index in [1.54, 1.807) is 48.4 Å². The molecule has 0 saturated heterocycles. The van der Waals surface area contributed by atoms with E-state index in [9.17, 15) is 9.90 Å². The number of anilines is 2. The Hall–Kier alpha value is -3.76. The standard InChI is InChI=1S/C22H22ClN7O3/c1-13-11-24-22(28-18-6-8-25-30(18)2)29-19(13)17-12-33-21(27-17)20(32)26-16(7-9-31)14-4-3-5-15(23)10-14/h3-6,8,10-12,16,31H,7,9H2,1-2H3,(H,26,32)(H,24,28,29)/t16-/m1/s1. The first-order valence-corrected chi connectivity index (χ1v) is 10.5. The number of aliphatic hydroxyl groups is 1. The van der Waals surface area contributed by atoms with Crippen molar-refractivity contribution in [3.8, 4) is 11.4 Å². The quantitative estimate of drug-likeness (QED) is 0.359. The zero-order valence-electron chi connectivity index (χ0n) is 18.0. The van der Waals surface area contributed by atoms with Crippen LogP contribution in [0.15, 0.2) is 53.4 Å². The van der Waals surface area contributed by atoms with Gasteiger partial charge in [-0.25, -0.2) is 15.0 Å². The Bertz CT molecular complexity index is 1270. The Kier molecular flexibility index (Phi) is 6.66. The number of amides is 1. The van der Waals surface area contributed by atoms with Gasteiger partial charge < -0.3 is 20.2 Å². The second kappa shape index (κ2) is 9.80. The number of hydrogen-bond donors (Lipinski definition) is 3. The van der Waals surface area contributed by atoms with Gasteiger partial charge in [-0.1, -0.05) is 23.7 Å². The van der Waals surface area contributed by atoms with E-state index in [-0.39, 0.29) is 12.5 Å². The molecule has 3 N–H and O–H groups in total. The fraction of sp³-hybridized carbons (Fsp3) is 0.227. The molecule has 0 unspecified atom stereocenters. The summed E-state index contributed by atoms with van der Waals surface area (Å²) in [5, 5.41) is 20.0. The molecule has 10 nitrogen and oxygen atoms in total. The second-order valence-corrected chi connectivity index (χ2v) is 7.76. The Morgan fingerprint density at radius 2 is 2.15 bits per heavy atom. The molecule has 170 valence electrons. The van der Waals surface area contributed by atoms with Gasteiger partial charge in [-0.3, -0.25) is 9.48 Å². The van der Waals surface area contributed by atoms with E-state index < -0.39 is 11.9 Å². The minimum Gasteiger partial charge on any atom is -0.440 e. The molecule has 33 heavy (non-hydrogen) atoms. The highest BCUT2D eigenvalue weighted by Crippen LogP contribution is 2.24. The van der Waals surface area contributed by atoms with Gasteiger partial charge in [0.2, 0.25) is 5.95 Å². The normalized spacial score (nSPS) is 11.9.